The maximum absolute atomic E-state index is 8.66. The van der Waals surface area contributed by atoms with Gasteiger partial charge in [0.2, 0.25) is 0 Å². The van der Waals surface area contributed by atoms with Gasteiger partial charge in [-0.2, -0.15) is 0 Å². The Balaban J connectivity index is 2.35. The second kappa shape index (κ2) is 5.70. The highest BCUT2D eigenvalue weighted by Crippen LogP contribution is 2.32. The molecule has 0 atom stereocenters. The minimum absolute atomic E-state index is 0.0426. The quantitative estimate of drug-likeness (QED) is 0.390. The van der Waals surface area contributed by atoms with Crippen molar-refractivity contribution in [1.82, 2.24) is 9.97 Å². The third-order valence-electron chi connectivity index (χ3n) is 2.11. The van der Waals surface area contributed by atoms with Gasteiger partial charge in [0.05, 0.1) is 5.02 Å². The van der Waals surface area contributed by atoms with E-state index in [9.17, 15) is 0 Å². The molecular formula is C11H9ClN4OS. The highest BCUT2D eigenvalue weighted by atomic mass is 35.5. The molecule has 0 radical (unpaired) electrons. The summed E-state index contributed by atoms with van der Waals surface area (Å²) < 4.78 is 0. The van der Waals surface area contributed by atoms with Gasteiger partial charge in [-0.25, -0.2) is 4.98 Å². The molecule has 0 aliphatic carbocycles. The van der Waals surface area contributed by atoms with Crippen LogP contribution in [0, 0.1) is 0 Å². The van der Waals surface area contributed by atoms with Gasteiger partial charge in [0.15, 0.2) is 5.84 Å². The zero-order valence-electron chi connectivity index (χ0n) is 9.12. The van der Waals surface area contributed by atoms with E-state index in [1.165, 1.54) is 11.8 Å². The first-order chi connectivity index (χ1) is 8.72. The molecule has 0 aliphatic rings. The van der Waals surface area contributed by atoms with Gasteiger partial charge in [0, 0.05) is 29.0 Å². The van der Waals surface area contributed by atoms with Crippen LogP contribution in [-0.4, -0.2) is 21.0 Å². The summed E-state index contributed by atoms with van der Waals surface area (Å²) in [6.45, 7) is 0. The molecule has 2 aromatic rings. The molecule has 0 unspecified atom stereocenters. The average molecular weight is 281 g/mol. The Morgan fingerprint density at radius 2 is 2.00 bits per heavy atom. The van der Waals surface area contributed by atoms with E-state index >= 15 is 0 Å². The van der Waals surface area contributed by atoms with Crippen molar-refractivity contribution in [3.05, 3.63) is 47.4 Å². The number of halogens is 1. The van der Waals surface area contributed by atoms with Gasteiger partial charge in [-0.15, -0.1) is 0 Å². The lowest BCUT2D eigenvalue weighted by Gasteiger charge is -2.06. The third kappa shape index (κ3) is 2.72. The fourth-order valence-corrected chi connectivity index (χ4v) is 2.38. The van der Waals surface area contributed by atoms with Gasteiger partial charge in [0.1, 0.15) is 5.03 Å². The van der Waals surface area contributed by atoms with E-state index in [1.807, 2.05) is 12.1 Å². The van der Waals surface area contributed by atoms with E-state index in [0.717, 1.165) is 4.90 Å². The molecule has 0 saturated heterocycles. The minimum atomic E-state index is -0.0426. The molecule has 2 heterocycles. The van der Waals surface area contributed by atoms with Crippen LogP contribution < -0.4 is 5.73 Å². The number of hydrogen-bond donors (Lipinski definition) is 2. The van der Waals surface area contributed by atoms with Crippen molar-refractivity contribution < 1.29 is 5.21 Å². The van der Waals surface area contributed by atoms with E-state index in [-0.39, 0.29) is 5.84 Å². The normalized spacial score (nSPS) is 11.5. The van der Waals surface area contributed by atoms with Crippen LogP contribution in [-0.2, 0) is 0 Å². The zero-order chi connectivity index (χ0) is 13.0. The Kier molecular flexibility index (Phi) is 4.01. The number of nitrogens with zero attached hydrogens (tertiary/aromatic N) is 3. The van der Waals surface area contributed by atoms with Crippen molar-refractivity contribution in [2.45, 2.75) is 9.92 Å². The van der Waals surface area contributed by atoms with Crippen LogP contribution in [0.3, 0.4) is 0 Å². The monoisotopic (exact) mass is 280 g/mol. The molecule has 0 fully saturated rings. The van der Waals surface area contributed by atoms with Crippen molar-refractivity contribution in [2.24, 2.45) is 10.9 Å². The fourth-order valence-electron chi connectivity index (χ4n) is 1.27. The molecule has 7 heteroatoms. The first-order valence-electron chi connectivity index (χ1n) is 4.92. The van der Waals surface area contributed by atoms with Gasteiger partial charge >= 0.3 is 0 Å². The van der Waals surface area contributed by atoms with Crippen LogP contribution in [0.25, 0.3) is 0 Å². The number of pyridine rings is 2. The summed E-state index contributed by atoms with van der Waals surface area (Å²) in [6.07, 6.45) is 4.93. The van der Waals surface area contributed by atoms with Crippen molar-refractivity contribution in [3.8, 4) is 0 Å². The minimum Gasteiger partial charge on any atom is -0.409 e. The zero-order valence-corrected chi connectivity index (χ0v) is 10.7. The van der Waals surface area contributed by atoms with Gasteiger partial charge in [-0.05, 0) is 18.2 Å². The van der Waals surface area contributed by atoms with E-state index in [0.29, 0.717) is 15.6 Å². The molecule has 0 amide bonds. The SMILES string of the molecule is N/C(=N/O)c1ccnc(Sc2ccncc2)c1Cl. The van der Waals surface area contributed by atoms with Crippen LogP contribution in [0.4, 0.5) is 0 Å². The van der Waals surface area contributed by atoms with Crippen molar-refractivity contribution in [1.29, 1.82) is 0 Å². The summed E-state index contributed by atoms with van der Waals surface area (Å²) in [5.74, 6) is -0.0426. The largest absolute Gasteiger partial charge is 0.409 e. The summed E-state index contributed by atoms with van der Waals surface area (Å²) >= 11 is 7.54. The molecular weight excluding hydrogens is 272 g/mol. The number of aromatic nitrogens is 2. The fraction of sp³-hybridized carbons (Fsp3) is 0. The molecule has 0 aromatic carbocycles. The number of amidine groups is 1. The van der Waals surface area contributed by atoms with Crippen LogP contribution in [0.5, 0.6) is 0 Å². The molecule has 5 nitrogen and oxygen atoms in total. The second-order valence-corrected chi connectivity index (χ2v) is 4.69. The number of oxime groups is 1. The van der Waals surface area contributed by atoms with Crippen LogP contribution in [0.1, 0.15) is 5.56 Å². The van der Waals surface area contributed by atoms with Gasteiger partial charge < -0.3 is 10.9 Å². The van der Waals surface area contributed by atoms with Gasteiger partial charge in [-0.3, -0.25) is 4.98 Å². The summed E-state index contributed by atoms with van der Waals surface area (Å²) in [4.78, 5) is 9.05. The lowest BCUT2D eigenvalue weighted by molar-refractivity contribution is 0.318. The highest BCUT2D eigenvalue weighted by Gasteiger charge is 2.12. The van der Waals surface area contributed by atoms with Crippen LogP contribution in [0.2, 0.25) is 5.02 Å². The Hall–Kier alpha value is -1.79. The molecule has 18 heavy (non-hydrogen) atoms. The Morgan fingerprint density at radius 1 is 1.28 bits per heavy atom. The smallest absolute Gasteiger partial charge is 0.171 e. The first-order valence-corrected chi connectivity index (χ1v) is 6.12. The third-order valence-corrected chi connectivity index (χ3v) is 3.61. The molecule has 0 spiro atoms. The molecule has 2 aromatic heterocycles. The molecule has 0 aliphatic heterocycles. The average Bonchev–Trinajstić information content (AvgIpc) is 2.41. The summed E-state index contributed by atoms with van der Waals surface area (Å²) in [5, 5.41) is 12.5. The maximum atomic E-state index is 8.66. The second-order valence-electron chi connectivity index (χ2n) is 3.25. The van der Waals surface area contributed by atoms with Crippen molar-refractivity contribution in [2.75, 3.05) is 0 Å². The topological polar surface area (TPSA) is 84.4 Å². The predicted octanol–water partition coefficient (Wildman–Crippen LogP) is 2.38. The van der Waals surface area contributed by atoms with E-state index in [2.05, 4.69) is 15.1 Å². The molecule has 92 valence electrons. The number of rotatable bonds is 3. The number of nitrogens with two attached hydrogens (primary N) is 1. The lowest BCUT2D eigenvalue weighted by atomic mass is 10.2. The highest BCUT2D eigenvalue weighted by molar-refractivity contribution is 7.99. The maximum Gasteiger partial charge on any atom is 0.171 e. The lowest BCUT2D eigenvalue weighted by Crippen LogP contribution is -2.14. The van der Waals surface area contributed by atoms with Crippen molar-refractivity contribution in [3.63, 3.8) is 0 Å². The van der Waals surface area contributed by atoms with Gasteiger partial charge in [0.25, 0.3) is 0 Å². The van der Waals surface area contributed by atoms with Crippen LogP contribution >= 0.6 is 23.4 Å². The Bertz CT molecular complexity index is 577. The summed E-state index contributed by atoms with van der Waals surface area (Å²) in [6, 6.07) is 5.28. The van der Waals surface area contributed by atoms with Crippen LogP contribution in [0.15, 0.2) is 51.9 Å². The molecule has 0 saturated carbocycles. The predicted molar refractivity (Wildman–Crippen MR) is 70.1 cm³/mol. The Morgan fingerprint density at radius 3 is 2.67 bits per heavy atom. The van der Waals surface area contributed by atoms with E-state index < -0.39 is 0 Å². The summed E-state index contributed by atoms with van der Waals surface area (Å²) in [5.41, 5.74) is 5.98. The molecule has 2 rings (SSSR count). The summed E-state index contributed by atoms with van der Waals surface area (Å²) in [7, 11) is 0. The molecule has 0 bridgehead atoms. The first kappa shape index (κ1) is 12.7. The standard InChI is InChI=1S/C11H9ClN4OS/c12-9-8(10(13)16-17)3-6-15-11(9)18-7-1-4-14-5-2-7/h1-6,17H,(H2,13,16). The Labute approximate surface area is 113 Å². The van der Waals surface area contributed by atoms with Gasteiger partial charge in [-0.1, -0.05) is 28.5 Å². The van der Waals surface area contributed by atoms with E-state index in [1.54, 1.807) is 24.7 Å². The molecule has 3 N–H and O–H groups in total. The number of hydrogen-bond acceptors (Lipinski definition) is 5. The van der Waals surface area contributed by atoms with E-state index in [4.69, 9.17) is 22.5 Å². The van der Waals surface area contributed by atoms with Crippen molar-refractivity contribution >= 4 is 29.2 Å².